The van der Waals surface area contributed by atoms with Gasteiger partial charge in [0.1, 0.15) is 0 Å². The first-order valence-corrected chi connectivity index (χ1v) is 5.19. The van der Waals surface area contributed by atoms with Crippen molar-refractivity contribution in [2.75, 3.05) is 6.54 Å². The molecular weight excluding hydrogens is 188 g/mol. The lowest BCUT2D eigenvalue weighted by atomic mass is 10.1. The molecule has 0 bridgehead atoms. The number of carbonyl (C=O) groups excluding carboxylic acids is 1. The Labute approximate surface area is 90.9 Å². The van der Waals surface area contributed by atoms with E-state index in [0.29, 0.717) is 6.54 Å². The number of rotatable bonds is 0. The summed E-state index contributed by atoms with van der Waals surface area (Å²) in [4.78, 5) is 12.9. The molecule has 0 saturated carbocycles. The van der Waals surface area contributed by atoms with Crippen LogP contribution < -0.4 is 5.73 Å². The molecule has 0 aliphatic carbocycles. The quantitative estimate of drug-likeness (QED) is 0.649. The molecule has 0 aromatic heterocycles. The summed E-state index contributed by atoms with van der Waals surface area (Å²) in [6.45, 7) is 4.68. The van der Waals surface area contributed by atoms with Crippen molar-refractivity contribution in [3.05, 3.63) is 36.0 Å². The summed E-state index contributed by atoms with van der Waals surface area (Å²) < 4.78 is 0. The largest absolute Gasteiger partial charge is 0.351 e. The fourth-order valence-corrected chi connectivity index (χ4v) is 1.54. The van der Waals surface area contributed by atoms with Gasteiger partial charge in [0.2, 0.25) is 0 Å². The van der Waals surface area contributed by atoms with Crippen molar-refractivity contribution >= 4 is 6.03 Å². The second-order valence-corrected chi connectivity index (χ2v) is 3.72. The predicted molar refractivity (Wildman–Crippen MR) is 62.4 cm³/mol. The van der Waals surface area contributed by atoms with E-state index in [1.165, 1.54) is 0 Å². The van der Waals surface area contributed by atoms with Gasteiger partial charge < -0.3 is 10.6 Å². The fourth-order valence-electron chi connectivity index (χ4n) is 1.54. The molecule has 0 radical (unpaired) electrons. The van der Waals surface area contributed by atoms with Gasteiger partial charge in [-0.15, -0.1) is 0 Å². The molecule has 1 atom stereocenters. The number of nitrogens with two attached hydrogens (primary N) is 1. The van der Waals surface area contributed by atoms with Crippen LogP contribution in [0.2, 0.25) is 0 Å². The van der Waals surface area contributed by atoms with Gasteiger partial charge in [-0.3, -0.25) is 0 Å². The first-order valence-electron chi connectivity index (χ1n) is 5.19. The third-order valence-corrected chi connectivity index (χ3v) is 2.66. The van der Waals surface area contributed by atoms with E-state index in [1.807, 2.05) is 44.2 Å². The lowest BCUT2D eigenvalue weighted by molar-refractivity contribution is 0.197. The summed E-state index contributed by atoms with van der Waals surface area (Å²) >= 11 is 0. The van der Waals surface area contributed by atoms with Gasteiger partial charge in [-0.1, -0.05) is 36.0 Å². The molecule has 1 heterocycles. The minimum absolute atomic E-state index is 0.0682. The molecule has 0 aromatic carbocycles. The van der Waals surface area contributed by atoms with Gasteiger partial charge in [0.25, 0.3) is 0 Å². The Bertz CT molecular complexity index is 316. The normalized spacial score (nSPS) is 30.1. The van der Waals surface area contributed by atoms with Crippen LogP contribution in [-0.4, -0.2) is 23.5 Å². The lowest BCUT2D eigenvalue weighted by Crippen LogP contribution is -2.43. The predicted octanol–water partition coefficient (Wildman–Crippen LogP) is 2.22. The average Bonchev–Trinajstić information content (AvgIpc) is 2.20. The SMILES string of the molecule is C\C1=C/C=C\C=C\CCN(C(N)=O)[C@H]1C. The molecule has 82 valence electrons. The third-order valence-electron chi connectivity index (χ3n) is 2.66. The van der Waals surface area contributed by atoms with Gasteiger partial charge in [-0.05, 0) is 20.3 Å². The van der Waals surface area contributed by atoms with Gasteiger partial charge in [0.05, 0.1) is 6.04 Å². The Morgan fingerprint density at radius 3 is 2.87 bits per heavy atom. The molecule has 1 aliphatic heterocycles. The number of hydrogen-bond donors (Lipinski definition) is 1. The van der Waals surface area contributed by atoms with Crippen molar-refractivity contribution in [3.8, 4) is 0 Å². The highest BCUT2D eigenvalue weighted by atomic mass is 16.2. The average molecular weight is 206 g/mol. The second kappa shape index (κ2) is 5.39. The van der Waals surface area contributed by atoms with Crippen LogP contribution in [0.15, 0.2) is 36.0 Å². The summed E-state index contributed by atoms with van der Waals surface area (Å²) in [6, 6.07) is -0.285. The Hall–Kier alpha value is -1.51. The van der Waals surface area contributed by atoms with Crippen molar-refractivity contribution in [2.45, 2.75) is 26.3 Å². The summed E-state index contributed by atoms with van der Waals surface area (Å²) in [5.74, 6) is 0. The summed E-state index contributed by atoms with van der Waals surface area (Å²) in [6.07, 6.45) is 10.8. The number of primary amides is 1. The van der Waals surface area contributed by atoms with Gasteiger partial charge in [-0.2, -0.15) is 0 Å². The van der Waals surface area contributed by atoms with E-state index >= 15 is 0 Å². The molecule has 2 amide bonds. The summed E-state index contributed by atoms with van der Waals surface area (Å²) in [5.41, 5.74) is 6.49. The van der Waals surface area contributed by atoms with E-state index in [2.05, 4.69) is 0 Å². The zero-order valence-corrected chi connectivity index (χ0v) is 9.31. The first-order chi connectivity index (χ1) is 7.13. The van der Waals surface area contributed by atoms with Gasteiger partial charge in [0, 0.05) is 6.54 Å². The maximum atomic E-state index is 11.3. The van der Waals surface area contributed by atoms with Crippen LogP contribution in [0.1, 0.15) is 20.3 Å². The van der Waals surface area contributed by atoms with E-state index in [9.17, 15) is 4.79 Å². The Kier molecular flexibility index (Phi) is 4.16. The molecule has 0 spiro atoms. The molecular formula is C12H18N2O. The Balaban J connectivity index is 2.90. The zero-order chi connectivity index (χ0) is 11.3. The molecule has 1 aliphatic rings. The number of carbonyl (C=O) groups is 1. The van der Waals surface area contributed by atoms with Crippen LogP contribution in [0.25, 0.3) is 0 Å². The molecule has 0 fully saturated rings. The number of nitrogens with zero attached hydrogens (tertiary/aromatic N) is 1. The first kappa shape index (κ1) is 11.6. The van der Waals surface area contributed by atoms with Crippen molar-refractivity contribution in [3.63, 3.8) is 0 Å². The number of amides is 2. The van der Waals surface area contributed by atoms with Crippen molar-refractivity contribution in [1.82, 2.24) is 4.90 Å². The van der Waals surface area contributed by atoms with E-state index in [0.717, 1.165) is 12.0 Å². The van der Waals surface area contributed by atoms with Crippen molar-refractivity contribution in [1.29, 1.82) is 0 Å². The Morgan fingerprint density at radius 2 is 2.20 bits per heavy atom. The highest BCUT2D eigenvalue weighted by Gasteiger charge is 2.17. The van der Waals surface area contributed by atoms with Crippen LogP contribution in [0, 0.1) is 0 Å². The minimum atomic E-state index is -0.354. The summed E-state index contributed by atoms with van der Waals surface area (Å²) in [7, 11) is 0. The maximum Gasteiger partial charge on any atom is 0.315 e. The zero-order valence-electron chi connectivity index (χ0n) is 9.31. The maximum absolute atomic E-state index is 11.3. The second-order valence-electron chi connectivity index (χ2n) is 3.72. The topological polar surface area (TPSA) is 46.3 Å². The van der Waals surface area contributed by atoms with E-state index in [4.69, 9.17) is 5.73 Å². The van der Waals surface area contributed by atoms with E-state index in [-0.39, 0.29) is 12.1 Å². The fraction of sp³-hybridized carbons (Fsp3) is 0.417. The standard InChI is InChI=1S/C12H18N2O/c1-10-8-6-4-3-5-7-9-14(11(10)2)12(13)15/h3-6,8,11H,7,9H2,1-2H3,(H2,13,15)/b5-3+,6-4-,10-8+/t11-/m0/s1. The molecule has 1 rings (SSSR count). The molecule has 0 unspecified atom stereocenters. The van der Waals surface area contributed by atoms with Crippen LogP contribution in [-0.2, 0) is 0 Å². The number of allylic oxidation sites excluding steroid dienone is 4. The molecule has 3 nitrogen and oxygen atoms in total. The molecule has 0 aromatic rings. The van der Waals surface area contributed by atoms with Gasteiger partial charge >= 0.3 is 6.03 Å². The smallest absolute Gasteiger partial charge is 0.315 e. The van der Waals surface area contributed by atoms with E-state index < -0.39 is 0 Å². The van der Waals surface area contributed by atoms with Crippen LogP contribution >= 0.6 is 0 Å². The van der Waals surface area contributed by atoms with Crippen LogP contribution in [0.4, 0.5) is 4.79 Å². The van der Waals surface area contributed by atoms with Crippen molar-refractivity contribution in [2.24, 2.45) is 5.73 Å². The molecule has 2 N–H and O–H groups in total. The molecule has 3 heteroatoms. The van der Waals surface area contributed by atoms with Gasteiger partial charge in [0.15, 0.2) is 0 Å². The monoisotopic (exact) mass is 206 g/mol. The molecule has 15 heavy (non-hydrogen) atoms. The van der Waals surface area contributed by atoms with E-state index in [1.54, 1.807) is 4.90 Å². The summed E-state index contributed by atoms with van der Waals surface area (Å²) in [5, 5.41) is 0. The van der Waals surface area contributed by atoms with Gasteiger partial charge in [-0.25, -0.2) is 4.79 Å². The van der Waals surface area contributed by atoms with Crippen molar-refractivity contribution < 1.29 is 4.79 Å². The highest BCUT2D eigenvalue weighted by molar-refractivity contribution is 5.72. The molecule has 0 saturated heterocycles. The Morgan fingerprint density at radius 1 is 1.47 bits per heavy atom. The lowest BCUT2D eigenvalue weighted by Gasteiger charge is -2.28. The minimum Gasteiger partial charge on any atom is -0.351 e. The third kappa shape index (κ3) is 3.27. The number of hydrogen-bond acceptors (Lipinski definition) is 1. The van der Waals surface area contributed by atoms with Crippen LogP contribution in [0.5, 0.6) is 0 Å². The number of urea groups is 1. The highest BCUT2D eigenvalue weighted by Crippen LogP contribution is 2.11. The van der Waals surface area contributed by atoms with Crippen LogP contribution in [0.3, 0.4) is 0 Å².